The quantitative estimate of drug-likeness (QED) is 0.822. The van der Waals surface area contributed by atoms with Crippen LogP contribution in [0.5, 0.6) is 0 Å². The van der Waals surface area contributed by atoms with Crippen molar-refractivity contribution in [2.45, 2.75) is 33.2 Å². The summed E-state index contributed by atoms with van der Waals surface area (Å²) in [6.07, 6.45) is 0.212. The van der Waals surface area contributed by atoms with E-state index >= 15 is 0 Å². The average Bonchev–Trinajstić information content (AvgIpc) is 2.63. The van der Waals surface area contributed by atoms with Crippen molar-refractivity contribution in [3.63, 3.8) is 0 Å². The first-order valence-corrected chi connectivity index (χ1v) is 5.99. The molecule has 0 spiro atoms. The second-order valence-corrected chi connectivity index (χ2v) is 5.66. The third-order valence-electron chi connectivity index (χ3n) is 2.32. The highest BCUT2D eigenvalue weighted by atomic mass is 32.1. The predicted octanol–water partition coefficient (Wildman–Crippen LogP) is 1.90. The van der Waals surface area contributed by atoms with E-state index in [-0.39, 0.29) is 23.8 Å². The molecule has 1 rings (SSSR count). The molecule has 0 fully saturated rings. The van der Waals surface area contributed by atoms with E-state index in [1.807, 2.05) is 5.38 Å². The van der Waals surface area contributed by atoms with Crippen LogP contribution in [0.15, 0.2) is 5.38 Å². The van der Waals surface area contributed by atoms with Crippen molar-refractivity contribution in [3.8, 4) is 0 Å². The molecule has 0 saturated heterocycles. The third-order valence-corrected chi connectivity index (χ3v) is 3.30. The van der Waals surface area contributed by atoms with E-state index in [1.54, 1.807) is 0 Å². The molecular weight excluding hydrogens is 224 g/mol. The number of carbonyl (C=O) groups is 1. The number of esters is 1. The number of carbonyl (C=O) groups excluding carboxylic acids is 1. The molecule has 1 unspecified atom stereocenters. The molecular formula is C11H18N2O2S. The molecule has 4 nitrogen and oxygen atoms in total. The highest BCUT2D eigenvalue weighted by Crippen LogP contribution is 2.32. The normalized spacial score (nSPS) is 13.6. The maximum Gasteiger partial charge on any atom is 0.311 e. The first-order chi connectivity index (χ1) is 7.34. The van der Waals surface area contributed by atoms with E-state index in [0.29, 0.717) is 0 Å². The number of ether oxygens (including phenoxy) is 1. The second-order valence-electron chi connectivity index (χ2n) is 4.77. The van der Waals surface area contributed by atoms with Crippen LogP contribution in [-0.2, 0) is 16.0 Å². The van der Waals surface area contributed by atoms with Gasteiger partial charge in [0.05, 0.1) is 25.3 Å². The van der Waals surface area contributed by atoms with Crippen LogP contribution in [0.25, 0.3) is 0 Å². The lowest BCUT2D eigenvalue weighted by Gasteiger charge is -2.24. The van der Waals surface area contributed by atoms with Crippen molar-refractivity contribution in [2.24, 2.45) is 11.1 Å². The van der Waals surface area contributed by atoms with Crippen molar-refractivity contribution in [1.82, 2.24) is 4.98 Å². The maximum absolute atomic E-state index is 11.1. The van der Waals surface area contributed by atoms with E-state index in [2.05, 4.69) is 30.5 Å². The number of thiazole rings is 1. The summed E-state index contributed by atoms with van der Waals surface area (Å²) in [6.45, 7) is 6.21. The molecule has 0 bridgehead atoms. The molecule has 5 heteroatoms. The number of nitrogens with two attached hydrogens (primary N) is 1. The summed E-state index contributed by atoms with van der Waals surface area (Å²) in [7, 11) is 1.37. The van der Waals surface area contributed by atoms with Gasteiger partial charge in [-0.1, -0.05) is 20.8 Å². The number of nitrogens with zero attached hydrogens (tertiary/aromatic N) is 1. The fourth-order valence-electron chi connectivity index (χ4n) is 1.14. The molecule has 0 amide bonds. The average molecular weight is 242 g/mol. The summed E-state index contributed by atoms with van der Waals surface area (Å²) < 4.78 is 4.59. The van der Waals surface area contributed by atoms with Crippen molar-refractivity contribution in [1.29, 1.82) is 0 Å². The Morgan fingerprint density at radius 2 is 2.25 bits per heavy atom. The van der Waals surface area contributed by atoms with Crippen LogP contribution >= 0.6 is 11.3 Å². The Balaban J connectivity index is 2.75. The Hall–Kier alpha value is -0.940. The Kier molecular flexibility index (Phi) is 4.04. The summed E-state index contributed by atoms with van der Waals surface area (Å²) in [4.78, 5) is 15.4. The first kappa shape index (κ1) is 13.1. The summed E-state index contributed by atoms with van der Waals surface area (Å²) in [5.74, 6) is -0.277. The van der Waals surface area contributed by atoms with Crippen molar-refractivity contribution in [2.75, 3.05) is 7.11 Å². The molecule has 0 radical (unpaired) electrons. The molecule has 1 atom stereocenters. The molecule has 0 aliphatic rings. The monoisotopic (exact) mass is 242 g/mol. The Bertz CT molecular complexity index is 368. The lowest BCUT2D eigenvalue weighted by molar-refractivity contribution is -0.139. The standard InChI is InChI=1S/C11H18N2O2S/c1-11(2,3)9(12)10-13-7(6-16-10)5-8(14)15-4/h6,9H,5,12H2,1-4H3. The van der Waals surface area contributed by atoms with Gasteiger partial charge in [0.1, 0.15) is 5.01 Å². The molecule has 0 aliphatic heterocycles. The van der Waals surface area contributed by atoms with Crippen LogP contribution in [0, 0.1) is 5.41 Å². The molecule has 16 heavy (non-hydrogen) atoms. The van der Waals surface area contributed by atoms with Crippen LogP contribution in [0.2, 0.25) is 0 Å². The van der Waals surface area contributed by atoms with Crippen LogP contribution < -0.4 is 5.73 Å². The maximum atomic E-state index is 11.1. The highest BCUT2D eigenvalue weighted by molar-refractivity contribution is 7.09. The minimum atomic E-state index is -0.277. The van der Waals surface area contributed by atoms with Crippen molar-refractivity contribution in [3.05, 3.63) is 16.1 Å². The summed E-state index contributed by atoms with van der Waals surface area (Å²) in [5, 5.41) is 2.73. The van der Waals surface area contributed by atoms with Gasteiger partial charge in [-0.15, -0.1) is 11.3 Å². The largest absolute Gasteiger partial charge is 0.469 e. The zero-order valence-corrected chi connectivity index (χ0v) is 10.9. The van der Waals surface area contributed by atoms with Crippen LogP contribution in [0.3, 0.4) is 0 Å². The van der Waals surface area contributed by atoms with E-state index < -0.39 is 0 Å². The van der Waals surface area contributed by atoms with Crippen LogP contribution in [0.4, 0.5) is 0 Å². The Morgan fingerprint density at radius 1 is 1.62 bits per heavy atom. The lowest BCUT2D eigenvalue weighted by atomic mass is 9.88. The number of hydrogen-bond donors (Lipinski definition) is 1. The van der Waals surface area contributed by atoms with Gasteiger partial charge in [-0.2, -0.15) is 0 Å². The summed E-state index contributed by atoms with van der Waals surface area (Å²) in [5.41, 5.74) is 6.78. The van der Waals surface area contributed by atoms with E-state index in [4.69, 9.17) is 5.73 Å². The van der Waals surface area contributed by atoms with Crippen molar-refractivity contribution >= 4 is 17.3 Å². The highest BCUT2D eigenvalue weighted by Gasteiger charge is 2.25. The summed E-state index contributed by atoms with van der Waals surface area (Å²) in [6, 6.07) is -0.108. The van der Waals surface area contributed by atoms with Gasteiger partial charge in [0.25, 0.3) is 0 Å². The topological polar surface area (TPSA) is 65.2 Å². The zero-order valence-electron chi connectivity index (χ0n) is 10.1. The minimum absolute atomic E-state index is 0.0274. The van der Waals surface area contributed by atoms with Gasteiger partial charge < -0.3 is 10.5 Å². The Labute approximate surface area is 99.8 Å². The predicted molar refractivity (Wildman–Crippen MR) is 64.2 cm³/mol. The summed E-state index contributed by atoms with van der Waals surface area (Å²) >= 11 is 1.49. The second kappa shape index (κ2) is 4.93. The van der Waals surface area contributed by atoms with E-state index in [9.17, 15) is 4.79 Å². The molecule has 1 aromatic heterocycles. The van der Waals surface area contributed by atoms with Gasteiger partial charge in [-0.25, -0.2) is 4.98 Å². The fraction of sp³-hybridized carbons (Fsp3) is 0.636. The van der Waals surface area contributed by atoms with Gasteiger partial charge in [0.2, 0.25) is 0 Å². The van der Waals surface area contributed by atoms with Crippen LogP contribution in [0.1, 0.15) is 37.5 Å². The van der Waals surface area contributed by atoms with Gasteiger partial charge in [-0.05, 0) is 5.41 Å². The SMILES string of the molecule is COC(=O)Cc1csc(C(N)C(C)(C)C)n1. The van der Waals surface area contributed by atoms with Gasteiger partial charge >= 0.3 is 5.97 Å². The number of rotatable bonds is 3. The van der Waals surface area contributed by atoms with E-state index in [1.165, 1.54) is 18.4 Å². The Morgan fingerprint density at radius 3 is 2.75 bits per heavy atom. The zero-order chi connectivity index (χ0) is 12.3. The third kappa shape index (κ3) is 3.28. The minimum Gasteiger partial charge on any atom is -0.469 e. The smallest absolute Gasteiger partial charge is 0.311 e. The van der Waals surface area contributed by atoms with Gasteiger partial charge in [0.15, 0.2) is 0 Å². The molecule has 0 saturated carbocycles. The lowest BCUT2D eigenvalue weighted by Crippen LogP contribution is -2.26. The number of hydrogen-bond acceptors (Lipinski definition) is 5. The van der Waals surface area contributed by atoms with Crippen molar-refractivity contribution < 1.29 is 9.53 Å². The first-order valence-electron chi connectivity index (χ1n) is 5.11. The molecule has 0 aromatic carbocycles. The fourth-order valence-corrected chi connectivity index (χ4v) is 2.20. The molecule has 90 valence electrons. The number of methoxy groups -OCH3 is 1. The van der Waals surface area contributed by atoms with Gasteiger partial charge in [0, 0.05) is 5.38 Å². The van der Waals surface area contributed by atoms with E-state index in [0.717, 1.165) is 10.7 Å². The van der Waals surface area contributed by atoms with Crippen LogP contribution in [-0.4, -0.2) is 18.1 Å². The molecule has 1 aromatic rings. The molecule has 0 aliphatic carbocycles. The van der Waals surface area contributed by atoms with Gasteiger partial charge in [-0.3, -0.25) is 4.79 Å². The molecule has 2 N–H and O–H groups in total. The number of aromatic nitrogens is 1. The molecule has 1 heterocycles.